The number of hydrogen-bond donors (Lipinski definition) is 1. The predicted molar refractivity (Wildman–Crippen MR) is 76.3 cm³/mol. The summed E-state index contributed by atoms with van der Waals surface area (Å²) in [5, 5.41) is 2.72. The van der Waals surface area contributed by atoms with Crippen LogP contribution in [0, 0.1) is 5.92 Å². The number of esters is 1. The number of piperidine rings is 1. The van der Waals surface area contributed by atoms with Crippen LogP contribution in [0.3, 0.4) is 0 Å². The molecule has 0 bridgehead atoms. The molecule has 0 aromatic carbocycles. The van der Waals surface area contributed by atoms with Crippen molar-refractivity contribution in [3.8, 4) is 0 Å². The Kier molecular flexibility index (Phi) is 4.54. The highest BCUT2D eigenvalue weighted by atomic mass is 16.6. The summed E-state index contributed by atoms with van der Waals surface area (Å²) in [5.74, 6) is -0.591. The number of nitrogens with zero attached hydrogens (tertiary/aromatic N) is 1. The second-order valence-electron chi connectivity index (χ2n) is 6.76. The second-order valence-corrected chi connectivity index (χ2v) is 6.76. The fraction of sp³-hybridized carbons (Fsp3) is 0.800. The summed E-state index contributed by atoms with van der Waals surface area (Å²) in [7, 11) is 0. The van der Waals surface area contributed by atoms with E-state index >= 15 is 0 Å². The lowest BCUT2D eigenvalue weighted by Gasteiger charge is -2.31. The van der Waals surface area contributed by atoms with E-state index in [0.29, 0.717) is 32.4 Å². The number of carbonyl (C=O) groups is 3. The molecule has 0 aromatic heterocycles. The minimum Gasteiger partial charge on any atom is -0.458 e. The summed E-state index contributed by atoms with van der Waals surface area (Å²) in [4.78, 5) is 37.6. The SMILES string of the molecule is CC(C)(C)OC(=O)[C@@H]1CCCN1C(=O)C1CCC(=O)NC1. The van der Waals surface area contributed by atoms with Gasteiger partial charge in [-0.25, -0.2) is 4.79 Å². The van der Waals surface area contributed by atoms with Crippen LogP contribution in [0.5, 0.6) is 0 Å². The quantitative estimate of drug-likeness (QED) is 0.766. The number of likely N-dealkylation sites (tertiary alicyclic amines) is 1. The van der Waals surface area contributed by atoms with Gasteiger partial charge in [0.25, 0.3) is 0 Å². The Labute approximate surface area is 125 Å². The minimum absolute atomic E-state index is 0.0100. The summed E-state index contributed by atoms with van der Waals surface area (Å²) in [6, 6.07) is -0.477. The van der Waals surface area contributed by atoms with E-state index in [-0.39, 0.29) is 23.7 Å². The Hall–Kier alpha value is -1.59. The van der Waals surface area contributed by atoms with Gasteiger partial charge in [0.2, 0.25) is 11.8 Å². The van der Waals surface area contributed by atoms with E-state index in [1.54, 1.807) is 4.90 Å². The molecule has 6 heteroatoms. The van der Waals surface area contributed by atoms with E-state index in [1.165, 1.54) is 0 Å². The van der Waals surface area contributed by atoms with Gasteiger partial charge in [0.1, 0.15) is 11.6 Å². The Balaban J connectivity index is 1.99. The first-order valence-corrected chi connectivity index (χ1v) is 7.58. The van der Waals surface area contributed by atoms with Crippen molar-refractivity contribution in [2.75, 3.05) is 13.1 Å². The maximum atomic E-state index is 12.6. The van der Waals surface area contributed by atoms with E-state index in [0.717, 1.165) is 6.42 Å². The molecule has 118 valence electrons. The number of ether oxygens (including phenoxy) is 1. The van der Waals surface area contributed by atoms with E-state index < -0.39 is 11.6 Å². The van der Waals surface area contributed by atoms with Crippen LogP contribution in [-0.2, 0) is 19.1 Å². The molecule has 2 amide bonds. The summed E-state index contributed by atoms with van der Waals surface area (Å²) >= 11 is 0. The molecule has 0 saturated carbocycles. The van der Waals surface area contributed by atoms with Crippen molar-refractivity contribution in [2.24, 2.45) is 5.92 Å². The van der Waals surface area contributed by atoms with Gasteiger partial charge in [-0.1, -0.05) is 0 Å². The van der Waals surface area contributed by atoms with Gasteiger partial charge >= 0.3 is 5.97 Å². The third-order valence-corrected chi connectivity index (χ3v) is 3.83. The smallest absolute Gasteiger partial charge is 0.329 e. The number of carbonyl (C=O) groups excluding carboxylic acids is 3. The predicted octanol–water partition coefficient (Wildman–Crippen LogP) is 0.845. The molecule has 2 aliphatic heterocycles. The van der Waals surface area contributed by atoms with Gasteiger partial charge in [-0.3, -0.25) is 9.59 Å². The van der Waals surface area contributed by atoms with Gasteiger partial charge in [-0.05, 0) is 40.0 Å². The average molecular weight is 296 g/mol. The molecule has 1 unspecified atom stereocenters. The van der Waals surface area contributed by atoms with Crippen molar-refractivity contribution in [2.45, 2.75) is 58.1 Å². The van der Waals surface area contributed by atoms with Crippen LogP contribution in [0.15, 0.2) is 0 Å². The Bertz CT molecular complexity index is 431. The van der Waals surface area contributed by atoms with Crippen molar-refractivity contribution in [3.63, 3.8) is 0 Å². The average Bonchev–Trinajstić information content (AvgIpc) is 2.86. The molecule has 2 fully saturated rings. The third kappa shape index (κ3) is 3.95. The molecule has 0 spiro atoms. The maximum absolute atomic E-state index is 12.6. The van der Waals surface area contributed by atoms with Crippen LogP contribution >= 0.6 is 0 Å². The highest BCUT2D eigenvalue weighted by molar-refractivity contribution is 5.88. The first-order chi connectivity index (χ1) is 9.78. The molecule has 2 atom stereocenters. The maximum Gasteiger partial charge on any atom is 0.329 e. The Morgan fingerprint density at radius 3 is 2.57 bits per heavy atom. The van der Waals surface area contributed by atoms with Gasteiger partial charge in [0.15, 0.2) is 0 Å². The van der Waals surface area contributed by atoms with Crippen LogP contribution in [-0.4, -0.2) is 47.4 Å². The molecule has 2 saturated heterocycles. The van der Waals surface area contributed by atoms with Gasteiger partial charge in [0.05, 0.1) is 5.92 Å². The molecule has 1 N–H and O–H groups in total. The van der Waals surface area contributed by atoms with Gasteiger partial charge in [-0.15, -0.1) is 0 Å². The van der Waals surface area contributed by atoms with Crippen LogP contribution in [0.4, 0.5) is 0 Å². The molecule has 6 nitrogen and oxygen atoms in total. The largest absolute Gasteiger partial charge is 0.458 e. The van der Waals surface area contributed by atoms with Crippen molar-refractivity contribution in [3.05, 3.63) is 0 Å². The van der Waals surface area contributed by atoms with Gasteiger partial charge in [0, 0.05) is 19.5 Å². The molecule has 2 rings (SSSR count). The zero-order valence-electron chi connectivity index (χ0n) is 13.0. The van der Waals surface area contributed by atoms with E-state index in [1.807, 2.05) is 20.8 Å². The molecular formula is C15H24N2O4. The molecule has 0 aliphatic carbocycles. The van der Waals surface area contributed by atoms with Crippen molar-refractivity contribution in [1.29, 1.82) is 0 Å². The minimum atomic E-state index is -0.548. The fourth-order valence-corrected chi connectivity index (χ4v) is 2.82. The molecule has 0 radical (unpaired) electrons. The van der Waals surface area contributed by atoms with Gasteiger partial charge in [-0.2, -0.15) is 0 Å². The van der Waals surface area contributed by atoms with Crippen LogP contribution in [0.25, 0.3) is 0 Å². The zero-order chi connectivity index (χ0) is 15.6. The normalized spacial score (nSPS) is 26.4. The summed E-state index contributed by atoms with van der Waals surface area (Å²) < 4.78 is 5.40. The summed E-state index contributed by atoms with van der Waals surface area (Å²) in [5.41, 5.74) is -0.548. The topological polar surface area (TPSA) is 75.7 Å². The van der Waals surface area contributed by atoms with Crippen molar-refractivity contribution in [1.82, 2.24) is 10.2 Å². The van der Waals surface area contributed by atoms with Crippen LogP contribution in [0.2, 0.25) is 0 Å². The number of nitrogens with one attached hydrogen (secondary N) is 1. The zero-order valence-corrected chi connectivity index (χ0v) is 13.0. The molecule has 2 heterocycles. The number of hydrogen-bond acceptors (Lipinski definition) is 4. The molecular weight excluding hydrogens is 272 g/mol. The lowest BCUT2D eigenvalue weighted by molar-refractivity contribution is -0.164. The Morgan fingerprint density at radius 1 is 1.29 bits per heavy atom. The number of rotatable bonds is 2. The summed E-state index contributed by atoms with van der Waals surface area (Å²) in [6.45, 7) is 6.43. The lowest BCUT2D eigenvalue weighted by atomic mass is 9.97. The Morgan fingerprint density at radius 2 is 2.00 bits per heavy atom. The first kappa shape index (κ1) is 15.8. The highest BCUT2D eigenvalue weighted by Gasteiger charge is 2.39. The lowest BCUT2D eigenvalue weighted by Crippen LogP contribution is -2.49. The first-order valence-electron chi connectivity index (χ1n) is 7.58. The molecule has 2 aliphatic rings. The van der Waals surface area contributed by atoms with E-state index in [2.05, 4.69) is 5.32 Å². The van der Waals surface area contributed by atoms with E-state index in [4.69, 9.17) is 4.74 Å². The molecule has 21 heavy (non-hydrogen) atoms. The fourth-order valence-electron chi connectivity index (χ4n) is 2.82. The van der Waals surface area contributed by atoms with Crippen molar-refractivity contribution >= 4 is 17.8 Å². The highest BCUT2D eigenvalue weighted by Crippen LogP contribution is 2.25. The van der Waals surface area contributed by atoms with Crippen molar-refractivity contribution < 1.29 is 19.1 Å². The monoisotopic (exact) mass is 296 g/mol. The second kappa shape index (κ2) is 6.03. The summed E-state index contributed by atoms with van der Waals surface area (Å²) in [6.07, 6.45) is 2.40. The molecule has 0 aromatic rings. The standard InChI is InChI=1S/C15H24N2O4/c1-15(2,3)21-14(20)11-5-4-8-17(11)13(19)10-6-7-12(18)16-9-10/h10-11H,4-9H2,1-3H3,(H,16,18)/t10?,11-/m0/s1. The third-order valence-electron chi connectivity index (χ3n) is 3.83. The van der Waals surface area contributed by atoms with Crippen LogP contribution < -0.4 is 5.32 Å². The number of amides is 2. The van der Waals surface area contributed by atoms with Gasteiger partial charge < -0.3 is 15.0 Å². The van der Waals surface area contributed by atoms with E-state index in [9.17, 15) is 14.4 Å². The van der Waals surface area contributed by atoms with Crippen LogP contribution in [0.1, 0.15) is 46.5 Å².